The van der Waals surface area contributed by atoms with Crippen LogP contribution in [0.25, 0.3) is 0 Å². The Bertz CT molecular complexity index is 258. The van der Waals surface area contributed by atoms with E-state index in [0.717, 1.165) is 0 Å². The molecule has 0 rings (SSSR count). The quantitative estimate of drug-likeness (QED) is 0.461. The van der Waals surface area contributed by atoms with Crippen LogP contribution in [0, 0.1) is 11.8 Å². The second-order valence-electron chi connectivity index (χ2n) is 5.58. The molecule has 0 aromatic carbocycles. The van der Waals surface area contributed by atoms with Gasteiger partial charge in [-0.2, -0.15) is 0 Å². The number of carbonyl (C=O) groups is 2. The molecule has 0 unspecified atom stereocenters. The fraction of sp³-hybridized carbons (Fsp3) is 0.875. The lowest BCUT2D eigenvalue weighted by Crippen LogP contribution is -2.14. The van der Waals surface area contributed by atoms with Crippen LogP contribution in [0.5, 0.6) is 0 Å². The van der Waals surface area contributed by atoms with Crippen molar-refractivity contribution >= 4 is 11.6 Å². The van der Waals surface area contributed by atoms with Crippen LogP contribution in [-0.4, -0.2) is 51.2 Å². The van der Waals surface area contributed by atoms with E-state index >= 15 is 0 Å². The van der Waals surface area contributed by atoms with Gasteiger partial charge in [0.25, 0.3) is 0 Å². The molecule has 5 heteroatoms. The molecule has 0 saturated carbocycles. The summed E-state index contributed by atoms with van der Waals surface area (Å²) in [6, 6.07) is 0. The van der Waals surface area contributed by atoms with Gasteiger partial charge in [0.1, 0.15) is 11.6 Å². The Balaban J connectivity index is 3.20. The van der Waals surface area contributed by atoms with Gasteiger partial charge in [0, 0.05) is 24.7 Å². The zero-order valence-corrected chi connectivity index (χ0v) is 13.9. The number of ether oxygens (including phenoxy) is 3. The number of hydrogen-bond donors (Lipinski definition) is 0. The molecule has 0 aromatic heterocycles. The molecule has 0 fully saturated rings. The standard InChI is InChI=1S/C16H30O5/c1-13(2)15(17)5-7-19-9-11-21-12-10-20-8-6-16(18)14(3)4/h13-14H,5-12H2,1-4H3. The van der Waals surface area contributed by atoms with Crippen LogP contribution in [0.15, 0.2) is 0 Å². The van der Waals surface area contributed by atoms with Crippen LogP contribution in [0.4, 0.5) is 0 Å². The third-order valence-electron chi connectivity index (χ3n) is 3.02. The minimum Gasteiger partial charge on any atom is -0.379 e. The van der Waals surface area contributed by atoms with E-state index in [9.17, 15) is 9.59 Å². The number of hydrogen-bond acceptors (Lipinski definition) is 5. The molecule has 0 aliphatic carbocycles. The van der Waals surface area contributed by atoms with Crippen molar-refractivity contribution < 1.29 is 23.8 Å². The maximum Gasteiger partial charge on any atom is 0.137 e. The molecule has 0 bridgehead atoms. The topological polar surface area (TPSA) is 61.8 Å². The van der Waals surface area contributed by atoms with Gasteiger partial charge >= 0.3 is 0 Å². The van der Waals surface area contributed by atoms with Crippen LogP contribution in [-0.2, 0) is 23.8 Å². The van der Waals surface area contributed by atoms with Crippen LogP contribution < -0.4 is 0 Å². The molecule has 0 aliphatic heterocycles. The van der Waals surface area contributed by atoms with Crippen molar-refractivity contribution in [3.63, 3.8) is 0 Å². The lowest BCUT2D eigenvalue weighted by Gasteiger charge is -2.08. The van der Waals surface area contributed by atoms with Crippen molar-refractivity contribution in [3.05, 3.63) is 0 Å². The van der Waals surface area contributed by atoms with Crippen molar-refractivity contribution in [3.8, 4) is 0 Å². The predicted octanol–water partition coefficient (Wildman–Crippen LogP) is 2.27. The van der Waals surface area contributed by atoms with Gasteiger partial charge in [0.2, 0.25) is 0 Å². The van der Waals surface area contributed by atoms with E-state index in [-0.39, 0.29) is 23.4 Å². The lowest BCUT2D eigenvalue weighted by molar-refractivity contribution is -0.123. The first-order valence-electron chi connectivity index (χ1n) is 7.73. The molecule has 0 aromatic rings. The highest BCUT2D eigenvalue weighted by molar-refractivity contribution is 5.80. The highest BCUT2D eigenvalue weighted by Gasteiger charge is 2.07. The van der Waals surface area contributed by atoms with E-state index in [1.807, 2.05) is 27.7 Å². The minimum absolute atomic E-state index is 0.0737. The van der Waals surface area contributed by atoms with E-state index in [2.05, 4.69) is 0 Å². The van der Waals surface area contributed by atoms with Crippen molar-refractivity contribution in [1.29, 1.82) is 0 Å². The Hall–Kier alpha value is -0.780. The van der Waals surface area contributed by atoms with Crippen molar-refractivity contribution in [2.45, 2.75) is 40.5 Å². The Morgan fingerprint density at radius 3 is 1.19 bits per heavy atom. The summed E-state index contributed by atoms with van der Waals surface area (Å²) in [7, 11) is 0. The van der Waals surface area contributed by atoms with Gasteiger partial charge in [0.05, 0.1) is 39.6 Å². The Morgan fingerprint density at radius 1 is 0.619 bits per heavy atom. The number of ketones is 2. The molecule has 0 amide bonds. The normalized spacial score (nSPS) is 11.3. The Morgan fingerprint density at radius 2 is 0.905 bits per heavy atom. The summed E-state index contributed by atoms with van der Waals surface area (Å²) in [6.07, 6.45) is 0.926. The zero-order chi connectivity index (χ0) is 16.1. The molecule has 0 aliphatic rings. The fourth-order valence-electron chi connectivity index (χ4n) is 1.46. The largest absolute Gasteiger partial charge is 0.379 e. The zero-order valence-electron chi connectivity index (χ0n) is 13.9. The average molecular weight is 302 g/mol. The molecule has 124 valence electrons. The molecular formula is C16H30O5. The van der Waals surface area contributed by atoms with Gasteiger partial charge in [-0.15, -0.1) is 0 Å². The van der Waals surface area contributed by atoms with Crippen LogP contribution in [0.2, 0.25) is 0 Å². The first-order chi connectivity index (χ1) is 9.95. The molecular weight excluding hydrogens is 272 g/mol. The van der Waals surface area contributed by atoms with Gasteiger partial charge in [-0.05, 0) is 0 Å². The van der Waals surface area contributed by atoms with Gasteiger partial charge in [-0.25, -0.2) is 0 Å². The maximum absolute atomic E-state index is 11.3. The van der Waals surface area contributed by atoms with Crippen molar-refractivity contribution in [2.75, 3.05) is 39.6 Å². The summed E-state index contributed by atoms with van der Waals surface area (Å²) in [4.78, 5) is 22.6. The number of Topliss-reactive ketones (excluding diaryl/α,β-unsaturated/α-hetero) is 2. The molecule has 0 spiro atoms. The number of carbonyl (C=O) groups excluding carboxylic acids is 2. The van der Waals surface area contributed by atoms with Crippen LogP contribution in [0.3, 0.4) is 0 Å². The lowest BCUT2D eigenvalue weighted by atomic mass is 10.1. The molecule has 0 heterocycles. The summed E-state index contributed by atoms with van der Waals surface area (Å²) in [5.74, 6) is 0.592. The summed E-state index contributed by atoms with van der Waals surface area (Å²) in [5.41, 5.74) is 0. The first-order valence-corrected chi connectivity index (χ1v) is 7.73. The Labute approximate surface area is 128 Å². The van der Waals surface area contributed by atoms with E-state index in [1.54, 1.807) is 0 Å². The second-order valence-corrected chi connectivity index (χ2v) is 5.58. The monoisotopic (exact) mass is 302 g/mol. The van der Waals surface area contributed by atoms with Gasteiger partial charge < -0.3 is 14.2 Å². The molecule has 5 nitrogen and oxygen atoms in total. The summed E-state index contributed by atoms with van der Waals surface area (Å²) < 4.78 is 15.9. The molecule has 0 saturated heterocycles. The van der Waals surface area contributed by atoms with Crippen LogP contribution in [0.1, 0.15) is 40.5 Å². The van der Waals surface area contributed by atoms with Crippen molar-refractivity contribution in [1.82, 2.24) is 0 Å². The minimum atomic E-state index is 0.0737. The molecule has 0 atom stereocenters. The van der Waals surface area contributed by atoms with Crippen LogP contribution >= 0.6 is 0 Å². The highest BCUT2D eigenvalue weighted by Crippen LogP contribution is 1.99. The van der Waals surface area contributed by atoms with E-state index in [4.69, 9.17) is 14.2 Å². The highest BCUT2D eigenvalue weighted by atomic mass is 16.5. The van der Waals surface area contributed by atoms with E-state index in [0.29, 0.717) is 52.5 Å². The first kappa shape index (κ1) is 20.2. The maximum atomic E-state index is 11.3. The second kappa shape index (κ2) is 12.9. The van der Waals surface area contributed by atoms with Gasteiger partial charge in [-0.1, -0.05) is 27.7 Å². The van der Waals surface area contributed by atoms with E-state index in [1.165, 1.54) is 0 Å². The summed E-state index contributed by atoms with van der Waals surface area (Å²) >= 11 is 0. The fourth-order valence-corrected chi connectivity index (χ4v) is 1.46. The average Bonchev–Trinajstić information content (AvgIpc) is 2.43. The van der Waals surface area contributed by atoms with Crippen molar-refractivity contribution in [2.24, 2.45) is 11.8 Å². The summed E-state index contributed by atoms with van der Waals surface area (Å²) in [5, 5.41) is 0. The smallest absolute Gasteiger partial charge is 0.137 e. The number of rotatable bonds is 14. The third-order valence-corrected chi connectivity index (χ3v) is 3.02. The molecule has 21 heavy (non-hydrogen) atoms. The molecule has 0 radical (unpaired) electrons. The third kappa shape index (κ3) is 12.7. The van der Waals surface area contributed by atoms with Gasteiger partial charge in [0.15, 0.2) is 0 Å². The molecule has 0 N–H and O–H groups in total. The Kier molecular flexibility index (Phi) is 12.4. The van der Waals surface area contributed by atoms with E-state index < -0.39 is 0 Å². The SMILES string of the molecule is CC(C)C(=O)CCOCCOCCOCCC(=O)C(C)C. The summed E-state index contributed by atoms with van der Waals surface area (Å²) in [6.45, 7) is 10.4. The predicted molar refractivity (Wildman–Crippen MR) is 81.4 cm³/mol. The van der Waals surface area contributed by atoms with Gasteiger partial charge in [-0.3, -0.25) is 9.59 Å².